The third-order valence-electron chi connectivity index (χ3n) is 9.96. The molecule has 6 atom stereocenters. The zero-order valence-electron chi connectivity index (χ0n) is 25.9. The van der Waals surface area contributed by atoms with E-state index in [2.05, 4.69) is 55.1 Å². The molecule has 0 heterocycles. The molecule has 2 saturated carbocycles. The number of hydrogen-bond donors (Lipinski definition) is 1. The highest BCUT2D eigenvalue weighted by molar-refractivity contribution is 5.75. The number of methoxy groups -OCH3 is 1. The molecule has 4 rings (SSSR count). The number of carbonyl (C=O) groups is 1. The summed E-state index contributed by atoms with van der Waals surface area (Å²) >= 11 is 0. The lowest BCUT2D eigenvalue weighted by Crippen LogP contribution is -2.53. The topological polar surface area (TPSA) is 59.0 Å². The molecule has 2 aromatic rings. The fourth-order valence-corrected chi connectivity index (χ4v) is 7.67. The molecule has 5 nitrogen and oxygen atoms in total. The minimum atomic E-state index is -0.873. The van der Waals surface area contributed by atoms with Crippen molar-refractivity contribution in [3.63, 3.8) is 0 Å². The van der Waals surface area contributed by atoms with Gasteiger partial charge in [0.15, 0.2) is 0 Å². The maximum atomic E-state index is 14.1. The maximum absolute atomic E-state index is 14.1. The number of ether oxygens (including phenoxy) is 2. The largest absolute Gasteiger partial charge is 0.460 e. The molecule has 0 saturated heterocycles. The summed E-state index contributed by atoms with van der Waals surface area (Å²) in [5.74, 6) is -0.610. The highest BCUT2D eigenvalue weighted by Crippen LogP contribution is 2.67. The smallest absolute Gasteiger partial charge is 0.314 e. The molecular formula is C35H51NO4. The average Bonchev–Trinajstić information content (AvgIpc) is 3.26. The van der Waals surface area contributed by atoms with Crippen LogP contribution in [-0.2, 0) is 20.8 Å². The first-order valence-electron chi connectivity index (χ1n) is 15.1. The van der Waals surface area contributed by atoms with Gasteiger partial charge in [0.2, 0.25) is 0 Å². The van der Waals surface area contributed by atoms with Crippen LogP contribution >= 0.6 is 0 Å². The number of benzene rings is 2. The van der Waals surface area contributed by atoms with Crippen LogP contribution in [0.4, 0.5) is 0 Å². The molecule has 0 unspecified atom stereocenters. The highest BCUT2D eigenvalue weighted by Gasteiger charge is 2.65. The van der Waals surface area contributed by atoms with Gasteiger partial charge >= 0.3 is 5.97 Å². The number of carbonyl (C=O) groups excluding carboxylic acids is 1. The molecule has 2 bridgehead atoms. The summed E-state index contributed by atoms with van der Waals surface area (Å²) in [7, 11) is 1.85. The Bertz CT molecular complexity index is 1110. The second-order valence-corrected chi connectivity index (χ2v) is 14.1. The summed E-state index contributed by atoms with van der Waals surface area (Å²) in [6, 6.07) is 20.3. The van der Waals surface area contributed by atoms with Crippen molar-refractivity contribution in [2.45, 2.75) is 98.1 Å². The Morgan fingerprint density at radius 1 is 1.05 bits per heavy atom. The van der Waals surface area contributed by atoms with Gasteiger partial charge in [-0.15, -0.1) is 0 Å². The summed E-state index contributed by atoms with van der Waals surface area (Å²) in [6.45, 7) is 15.9. The molecule has 220 valence electrons. The Balaban J connectivity index is 1.88. The maximum Gasteiger partial charge on any atom is 0.314 e. The van der Waals surface area contributed by atoms with E-state index in [9.17, 15) is 9.90 Å². The van der Waals surface area contributed by atoms with Crippen molar-refractivity contribution in [1.82, 2.24) is 4.90 Å². The predicted molar refractivity (Wildman–Crippen MR) is 161 cm³/mol. The van der Waals surface area contributed by atoms with Gasteiger partial charge in [-0.25, -0.2) is 0 Å². The van der Waals surface area contributed by atoms with Gasteiger partial charge < -0.3 is 14.6 Å². The molecule has 0 aromatic heterocycles. The molecule has 2 aliphatic rings. The standard InChI is InChI=1S/C35H51NO4/c1-24(2)31(37)29(32(38)40-33(3,4)5)30(26-17-13-10-14-18-26)36(22-25-15-11-9-12-16-25)23-35-20-19-27(34(35,6)7)21-28(35)39-8/h9-18,24,27-31,37H,19-23H2,1-8H3/t27-,28-,29+,30-,31+,35-/m1/s1. The summed E-state index contributed by atoms with van der Waals surface area (Å²) in [5.41, 5.74) is 1.58. The fourth-order valence-electron chi connectivity index (χ4n) is 7.67. The van der Waals surface area contributed by atoms with Gasteiger partial charge in [0.25, 0.3) is 0 Å². The lowest BCUT2D eigenvalue weighted by Gasteiger charge is -2.49. The molecule has 0 radical (unpaired) electrons. The quantitative estimate of drug-likeness (QED) is 0.305. The van der Waals surface area contributed by atoms with Crippen LogP contribution in [0.3, 0.4) is 0 Å². The van der Waals surface area contributed by atoms with Crippen molar-refractivity contribution in [3.05, 3.63) is 71.8 Å². The molecule has 5 heteroatoms. The van der Waals surface area contributed by atoms with E-state index in [0.717, 1.165) is 24.9 Å². The molecular weight excluding hydrogens is 498 g/mol. The molecule has 2 aliphatic carbocycles. The SMILES string of the molecule is CO[C@@H]1C[C@H]2CC[C@]1(CN(Cc1ccccc1)[C@H](c1ccccc1)[C@H](C(=O)OC(C)(C)C)[C@@H](O)C(C)C)C2(C)C. The Hall–Kier alpha value is -2.21. The number of esters is 1. The summed E-state index contributed by atoms with van der Waals surface area (Å²) in [6.07, 6.45) is 2.65. The zero-order chi connectivity index (χ0) is 29.3. The second-order valence-electron chi connectivity index (χ2n) is 14.1. The summed E-state index contributed by atoms with van der Waals surface area (Å²) in [5, 5.41) is 11.7. The third-order valence-corrected chi connectivity index (χ3v) is 9.96. The number of fused-ring (bicyclic) bond motifs is 2. The fraction of sp³-hybridized carbons (Fsp3) is 0.629. The van der Waals surface area contributed by atoms with Crippen LogP contribution in [-0.4, -0.2) is 47.4 Å². The van der Waals surface area contributed by atoms with Crippen molar-refractivity contribution in [2.24, 2.45) is 28.6 Å². The van der Waals surface area contributed by atoms with Crippen LogP contribution < -0.4 is 0 Å². The minimum absolute atomic E-state index is 0.0600. The first kappa shape index (κ1) is 30.7. The van der Waals surface area contributed by atoms with Crippen LogP contribution in [0.5, 0.6) is 0 Å². The first-order chi connectivity index (χ1) is 18.8. The monoisotopic (exact) mass is 549 g/mol. The first-order valence-corrected chi connectivity index (χ1v) is 15.1. The van der Waals surface area contributed by atoms with Gasteiger partial charge in [0, 0.05) is 25.6 Å². The summed E-state index contributed by atoms with van der Waals surface area (Å²) < 4.78 is 12.2. The zero-order valence-corrected chi connectivity index (χ0v) is 25.9. The molecule has 0 aliphatic heterocycles. The number of aliphatic hydroxyl groups is 1. The Morgan fingerprint density at radius 3 is 2.17 bits per heavy atom. The molecule has 2 fully saturated rings. The van der Waals surface area contributed by atoms with Gasteiger partial charge in [-0.05, 0) is 68.4 Å². The van der Waals surface area contributed by atoms with Crippen molar-refractivity contribution in [1.29, 1.82) is 0 Å². The van der Waals surface area contributed by atoms with E-state index in [4.69, 9.17) is 9.47 Å². The van der Waals surface area contributed by atoms with Crippen LogP contribution in [0.1, 0.15) is 84.9 Å². The Morgan fingerprint density at radius 2 is 1.65 bits per heavy atom. The van der Waals surface area contributed by atoms with Gasteiger partial charge in [-0.1, -0.05) is 88.4 Å². The van der Waals surface area contributed by atoms with Crippen molar-refractivity contribution in [3.8, 4) is 0 Å². The van der Waals surface area contributed by atoms with Crippen molar-refractivity contribution >= 4 is 5.97 Å². The third kappa shape index (κ3) is 6.03. The molecule has 0 amide bonds. The van der Waals surface area contributed by atoms with Crippen LogP contribution in [0.15, 0.2) is 60.7 Å². The second kappa shape index (κ2) is 12.0. The minimum Gasteiger partial charge on any atom is -0.460 e. The van der Waals surface area contributed by atoms with Crippen LogP contribution in [0.25, 0.3) is 0 Å². The number of rotatable bonds is 11. The predicted octanol–water partition coefficient (Wildman–Crippen LogP) is 7.05. The average molecular weight is 550 g/mol. The Kier molecular flexibility index (Phi) is 9.19. The number of hydrogen-bond acceptors (Lipinski definition) is 5. The van der Waals surface area contributed by atoms with Crippen molar-refractivity contribution < 1.29 is 19.4 Å². The van der Waals surface area contributed by atoms with E-state index in [0.29, 0.717) is 12.5 Å². The molecule has 1 N–H and O–H groups in total. The highest BCUT2D eigenvalue weighted by atomic mass is 16.6. The Labute approximate surface area is 242 Å². The van der Waals surface area contributed by atoms with Gasteiger partial charge in [-0.2, -0.15) is 0 Å². The van der Waals surface area contributed by atoms with E-state index in [1.54, 1.807) is 0 Å². The van der Waals surface area contributed by atoms with E-state index in [1.165, 1.54) is 12.0 Å². The number of aliphatic hydroxyl groups excluding tert-OH is 1. The van der Waals surface area contributed by atoms with E-state index >= 15 is 0 Å². The van der Waals surface area contributed by atoms with Gasteiger partial charge in [-0.3, -0.25) is 9.69 Å². The van der Waals surface area contributed by atoms with E-state index < -0.39 is 17.6 Å². The lowest BCUT2D eigenvalue weighted by molar-refractivity contribution is -0.171. The van der Waals surface area contributed by atoms with Crippen LogP contribution in [0.2, 0.25) is 0 Å². The normalized spacial score (nSPS) is 26.2. The van der Waals surface area contributed by atoms with Crippen molar-refractivity contribution in [2.75, 3.05) is 13.7 Å². The molecule has 0 spiro atoms. The summed E-state index contributed by atoms with van der Waals surface area (Å²) in [4.78, 5) is 16.6. The lowest BCUT2D eigenvalue weighted by atomic mass is 9.67. The van der Waals surface area contributed by atoms with E-state index in [-0.39, 0.29) is 34.9 Å². The number of nitrogens with zero attached hydrogens (tertiary/aromatic N) is 1. The van der Waals surface area contributed by atoms with E-state index in [1.807, 2.05) is 66.0 Å². The van der Waals surface area contributed by atoms with Crippen LogP contribution in [0, 0.1) is 28.6 Å². The van der Waals surface area contributed by atoms with Gasteiger partial charge in [0.1, 0.15) is 11.5 Å². The van der Waals surface area contributed by atoms with Gasteiger partial charge in [0.05, 0.1) is 18.2 Å². The molecule has 40 heavy (non-hydrogen) atoms. The molecule has 2 aromatic carbocycles.